The average molecular weight is 885 g/mol. The van der Waals surface area contributed by atoms with Gasteiger partial charge in [-0.25, -0.2) is 24.2 Å². The van der Waals surface area contributed by atoms with Gasteiger partial charge in [0.25, 0.3) is 11.8 Å². The molecule has 0 unspecified atom stereocenters. The van der Waals surface area contributed by atoms with Crippen LogP contribution in [0.15, 0.2) is 55.1 Å². The van der Waals surface area contributed by atoms with Crippen molar-refractivity contribution in [2.24, 2.45) is 11.8 Å². The van der Waals surface area contributed by atoms with Gasteiger partial charge in [-0.2, -0.15) is 0 Å². The van der Waals surface area contributed by atoms with Crippen molar-refractivity contribution in [3.63, 3.8) is 0 Å². The third-order valence-electron chi connectivity index (χ3n) is 10.1. The van der Waals surface area contributed by atoms with E-state index >= 15 is 0 Å². The summed E-state index contributed by atoms with van der Waals surface area (Å²) in [7, 11) is 1.42. The number of ether oxygens (including phenoxy) is 5. The van der Waals surface area contributed by atoms with Crippen LogP contribution in [0.5, 0.6) is 5.75 Å². The number of esters is 2. The number of unbranched alkanes of at least 4 members (excludes halogenated alkanes) is 3. The van der Waals surface area contributed by atoms with Gasteiger partial charge in [0.2, 0.25) is 6.79 Å². The summed E-state index contributed by atoms with van der Waals surface area (Å²) < 4.78 is 26.8. The Kier molecular flexibility index (Phi) is 18.4. The second kappa shape index (κ2) is 23.6. The van der Waals surface area contributed by atoms with Crippen LogP contribution in [-0.4, -0.2) is 85.5 Å². The molecule has 2 atom stereocenters. The van der Waals surface area contributed by atoms with Crippen LogP contribution in [0.3, 0.4) is 0 Å². The normalized spacial score (nSPS) is 13.0. The van der Waals surface area contributed by atoms with Crippen LogP contribution in [0.2, 0.25) is 0 Å². The Bertz CT molecular complexity index is 2180. The molecule has 17 nitrogen and oxygen atoms in total. The molecule has 1 fully saturated rings. The predicted octanol–water partition coefficient (Wildman–Crippen LogP) is 8.02. The zero-order chi connectivity index (χ0) is 47.0. The molecule has 3 aromatic rings. The van der Waals surface area contributed by atoms with Gasteiger partial charge in [0.15, 0.2) is 5.69 Å². The summed E-state index contributed by atoms with van der Waals surface area (Å²) in [6.07, 6.45) is 6.15. The number of nitrogens with one attached hydrogen (secondary N) is 5. The maximum atomic E-state index is 14.2. The number of rotatable bonds is 21. The molecule has 0 aliphatic heterocycles. The smallest absolute Gasteiger partial charge is 0.412 e. The standard InChI is InChI=1S/C47H60N6O11/c1-9-12-13-14-23-61-45(58)53-40(48)31-17-19-32(20-18-31)50-41(54)35-24-30(11-3)37(60-8)25-34(35)33-21-22-36(42(55)49-26-29-15-16-29)51-39(33)44(57)63-27-62-43(56)38(28(4)10-2)52-46(59)64-47(5,6)7/h11,17-22,24-25,28-29,38H,3,9-10,12-16,23,26-27H2,1-2,4-8H3,(H,49,55)(H,50,54)(H,52,59)(H2,48,53,58)/t28-,38-/m0/s1. The van der Waals surface area contributed by atoms with Crippen LogP contribution in [0.1, 0.15) is 129 Å². The lowest BCUT2D eigenvalue weighted by Crippen LogP contribution is -2.47. The number of amides is 4. The highest BCUT2D eigenvalue weighted by Gasteiger charge is 2.31. The molecule has 0 spiro atoms. The van der Waals surface area contributed by atoms with Gasteiger partial charge in [0, 0.05) is 40.0 Å². The Morgan fingerprint density at radius 2 is 1.62 bits per heavy atom. The molecule has 5 N–H and O–H groups in total. The average Bonchev–Trinajstić information content (AvgIpc) is 4.10. The summed E-state index contributed by atoms with van der Waals surface area (Å²) in [6, 6.07) is 10.9. The van der Waals surface area contributed by atoms with Gasteiger partial charge in [0.1, 0.15) is 28.9 Å². The predicted molar refractivity (Wildman–Crippen MR) is 240 cm³/mol. The van der Waals surface area contributed by atoms with Gasteiger partial charge < -0.3 is 39.6 Å². The number of benzene rings is 2. The van der Waals surface area contributed by atoms with Crippen LogP contribution in [0.4, 0.5) is 15.3 Å². The van der Waals surface area contributed by atoms with Crippen molar-refractivity contribution in [2.75, 3.05) is 32.4 Å². The van der Waals surface area contributed by atoms with Crippen LogP contribution >= 0.6 is 0 Å². The molecule has 4 amide bonds. The van der Waals surface area contributed by atoms with Crippen LogP contribution < -0.4 is 26.0 Å². The fourth-order valence-corrected chi connectivity index (χ4v) is 6.18. The number of carbonyl (C=O) groups excluding carboxylic acids is 6. The van der Waals surface area contributed by atoms with Crippen molar-refractivity contribution in [1.29, 1.82) is 5.41 Å². The van der Waals surface area contributed by atoms with Crippen molar-refractivity contribution in [1.82, 2.24) is 20.9 Å². The van der Waals surface area contributed by atoms with E-state index in [4.69, 9.17) is 29.1 Å². The number of hydrogen-bond acceptors (Lipinski definition) is 13. The lowest BCUT2D eigenvalue weighted by molar-refractivity contribution is -0.156. The topological polar surface area (TPSA) is 233 Å². The largest absolute Gasteiger partial charge is 0.496 e. The van der Waals surface area contributed by atoms with Gasteiger partial charge in [-0.1, -0.05) is 59.1 Å². The molecule has 4 rings (SSSR count). The Hall–Kier alpha value is -6.78. The minimum Gasteiger partial charge on any atom is -0.496 e. The van der Waals surface area contributed by atoms with E-state index in [9.17, 15) is 28.8 Å². The first kappa shape index (κ1) is 49.9. The Labute approximate surface area is 373 Å². The number of nitrogens with zero attached hydrogens (tertiary/aromatic N) is 1. The van der Waals surface area contributed by atoms with Crippen molar-refractivity contribution >= 4 is 53.5 Å². The van der Waals surface area contributed by atoms with Crippen molar-refractivity contribution < 1.29 is 52.5 Å². The van der Waals surface area contributed by atoms with Crippen molar-refractivity contribution in [3.05, 3.63) is 83.2 Å². The number of alkyl carbamates (subject to hydrolysis) is 2. The summed E-state index contributed by atoms with van der Waals surface area (Å²) in [5.41, 5.74) is 0.118. The Morgan fingerprint density at radius 3 is 2.25 bits per heavy atom. The lowest BCUT2D eigenvalue weighted by Gasteiger charge is -2.25. The van der Waals surface area contributed by atoms with Crippen molar-refractivity contribution in [3.8, 4) is 16.9 Å². The number of anilines is 1. The maximum absolute atomic E-state index is 14.2. The second-order valence-corrected chi connectivity index (χ2v) is 16.3. The molecular formula is C47H60N6O11. The van der Waals surface area contributed by atoms with Gasteiger partial charge >= 0.3 is 24.1 Å². The first-order valence-corrected chi connectivity index (χ1v) is 21.4. The van der Waals surface area contributed by atoms with E-state index in [1.54, 1.807) is 52.0 Å². The first-order valence-electron chi connectivity index (χ1n) is 21.4. The van der Waals surface area contributed by atoms with Gasteiger partial charge in [-0.15, -0.1) is 0 Å². The molecule has 344 valence electrons. The maximum Gasteiger partial charge on any atom is 0.412 e. The molecule has 0 bridgehead atoms. The highest BCUT2D eigenvalue weighted by Crippen LogP contribution is 2.35. The van der Waals surface area contributed by atoms with E-state index in [1.807, 2.05) is 6.92 Å². The minimum absolute atomic E-state index is 0.0497. The minimum atomic E-state index is -1.13. The van der Waals surface area contributed by atoms with Crippen LogP contribution in [0, 0.1) is 17.2 Å². The van der Waals surface area contributed by atoms with Crippen molar-refractivity contribution in [2.45, 2.75) is 98.1 Å². The highest BCUT2D eigenvalue weighted by atomic mass is 16.7. The summed E-state index contributed by atoms with van der Waals surface area (Å²) in [5, 5.41) is 18.9. The van der Waals surface area contributed by atoms with Gasteiger partial charge in [-0.05, 0) is 100 Å². The summed E-state index contributed by atoms with van der Waals surface area (Å²) in [6.45, 7) is 14.3. The molecule has 17 heteroatoms. The third-order valence-corrected chi connectivity index (χ3v) is 10.1. The molecule has 2 aromatic carbocycles. The zero-order valence-corrected chi connectivity index (χ0v) is 37.6. The molecule has 1 saturated carbocycles. The Balaban J connectivity index is 1.61. The first-order chi connectivity index (χ1) is 30.5. The lowest BCUT2D eigenvalue weighted by atomic mass is 9.94. The summed E-state index contributed by atoms with van der Waals surface area (Å²) in [5.74, 6) is -3.05. The number of aromatic nitrogens is 1. The third kappa shape index (κ3) is 14.9. The van der Waals surface area contributed by atoms with Crippen LogP contribution in [0.25, 0.3) is 17.2 Å². The molecule has 64 heavy (non-hydrogen) atoms. The Morgan fingerprint density at radius 1 is 0.906 bits per heavy atom. The fraction of sp³-hybridized carbons (Fsp3) is 0.447. The van der Waals surface area contributed by atoms with E-state index in [-0.39, 0.29) is 46.4 Å². The molecule has 1 aliphatic carbocycles. The number of methoxy groups -OCH3 is 1. The van der Waals surface area contributed by atoms with E-state index < -0.39 is 54.4 Å². The molecule has 0 saturated heterocycles. The SMILES string of the molecule is C=Cc1cc(C(=O)Nc2ccc(C(=N)NC(=O)OCCCCCC)cc2)c(-c2ccc(C(=O)NCC3CC3)nc2C(=O)OCOC(=O)[C@@H](NC(=O)OC(C)(C)C)[C@@H](C)CC)cc1OC. The van der Waals surface area contributed by atoms with E-state index in [0.717, 1.165) is 38.5 Å². The van der Waals surface area contributed by atoms with Gasteiger partial charge in [-0.3, -0.25) is 20.3 Å². The number of pyridine rings is 1. The fourth-order valence-electron chi connectivity index (χ4n) is 6.18. The molecule has 1 aliphatic rings. The summed E-state index contributed by atoms with van der Waals surface area (Å²) >= 11 is 0. The molecular weight excluding hydrogens is 825 g/mol. The monoisotopic (exact) mass is 884 g/mol. The number of amidine groups is 1. The molecule has 0 radical (unpaired) electrons. The van der Waals surface area contributed by atoms with E-state index in [1.165, 1.54) is 37.5 Å². The number of carbonyl (C=O) groups is 6. The number of hydrogen-bond donors (Lipinski definition) is 5. The van der Waals surface area contributed by atoms with E-state index in [2.05, 4.69) is 39.8 Å². The summed E-state index contributed by atoms with van der Waals surface area (Å²) in [4.78, 5) is 83.8. The molecule has 1 heterocycles. The van der Waals surface area contributed by atoms with E-state index in [0.29, 0.717) is 41.4 Å². The second-order valence-electron chi connectivity index (χ2n) is 16.3. The zero-order valence-electron chi connectivity index (χ0n) is 37.6. The molecule has 1 aromatic heterocycles. The van der Waals surface area contributed by atoms with Gasteiger partial charge in [0.05, 0.1) is 13.7 Å². The quantitative estimate of drug-likeness (QED) is 0.0171. The highest BCUT2D eigenvalue weighted by molar-refractivity contribution is 6.11. The van der Waals surface area contributed by atoms with Crippen LogP contribution in [-0.2, 0) is 23.7 Å².